The van der Waals surface area contributed by atoms with Crippen LogP contribution in [-0.2, 0) is 22.9 Å². The normalized spacial score (nSPS) is 19.4. The molecule has 5 rings (SSSR count). The van der Waals surface area contributed by atoms with Crippen molar-refractivity contribution in [3.05, 3.63) is 53.1 Å². The van der Waals surface area contributed by atoms with Crippen LogP contribution in [0.5, 0.6) is 0 Å². The van der Waals surface area contributed by atoms with Crippen LogP contribution < -0.4 is 4.90 Å². The molecule has 4 heteroatoms. The van der Waals surface area contributed by atoms with Crippen molar-refractivity contribution in [1.82, 2.24) is 4.57 Å². The third-order valence-corrected chi connectivity index (χ3v) is 7.42. The lowest BCUT2D eigenvalue weighted by atomic mass is 9.81. The number of hydrogen-bond acceptors (Lipinski definition) is 3. The van der Waals surface area contributed by atoms with Crippen LogP contribution in [0.3, 0.4) is 0 Å². The summed E-state index contributed by atoms with van der Waals surface area (Å²) in [5.41, 5.74) is 9.55. The molecule has 0 spiro atoms. The number of hydrogen-bond donors (Lipinski definition) is 0. The van der Waals surface area contributed by atoms with Gasteiger partial charge in [-0.3, -0.25) is 0 Å². The summed E-state index contributed by atoms with van der Waals surface area (Å²) in [6.45, 7) is 5.99. The fourth-order valence-electron chi connectivity index (χ4n) is 5.68. The number of rotatable bonds is 4. The monoisotopic (exact) mass is 418 g/mol. The van der Waals surface area contributed by atoms with Crippen LogP contribution in [0.25, 0.3) is 22.2 Å². The van der Waals surface area contributed by atoms with E-state index < -0.39 is 0 Å². The number of aryl methyl sites for hydroxylation is 1. The molecule has 164 valence electrons. The van der Waals surface area contributed by atoms with Crippen molar-refractivity contribution in [3.63, 3.8) is 0 Å². The second kappa shape index (κ2) is 8.33. The van der Waals surface area contributed by atoms with Gasteiger partial charge in [0.25, 0.3) is 0 Å². The Bertz CT molecular complexity index is 1090. The topological polar surface area (TPSA) is 26.6 Å². The maximum Gasteiger partial charge on any atom is 0.107 e. The summed E-state index contributed by atoms with van der Waals surface area (Å²) in [5.74, 6) is 0.640. The predicted octanol–water partition coefficient (Wildman–Crippen LogP) is 6.58. The lowest BCUT2D eigenvalue weighted by molar-refractivity contribution is -0.282. The summed E-state index contributed by atoms with van der Waals surface area (Å²) in [4.78, 5) is 12.6. The van der Waals surface area contributed by atoms with Crippen LogP contribution in [0, 0.1) is 6.92 Å². The van der Waals surface area contributed by atoms with Gasteiger partial charge in [-0.05, 0) is 61.4 Å². The fourth-order valence-corrected chi connectivity index (χ4v) is 5.68. The average Bonchev–Trinajstić information content (AvgIpc) is 3.05. The zero-order valence-corrected chi connectivity index (χ0v) is 19.3. The van der Waals surface area contributed by atoms with Gasteiger partial charge in [-0.25, -0.2) is 9.78 Å². The predicted molar refractivity (Wildman–Crippen MR) is 128 cm³/mol. The van der Waals surface area contributed by atoms with Crippen molar-refractivity contribution in [2.45, 2.75) is 71.1 Å². The average molecular weight is 419 g/mol. The summed E-state index contributed by atoms with van der Waals surface area (Å²) in [5, 5.41) is 1.42. The minimum absolute atomic E-state index is 0.412. The summed E-state index contributed by atoms with van der Waals surface area (Å²) in [6.07, 6.45) is 6.65. The van der Waals surface area contributed by atoms with Gasteiger partial charge in [0, 0.05) is 41.8 Å². The highest BCUT2D eigenvalue weighted by Crippen LogP contribution is 2.48. The first kappa shape index (κ1) is 20.6. The van der Waals surface area contributed by atoms with Crippen molar-refractivity contribution in [2.24, 2.45) is 0 Å². The maximum absolute atomic E-state index is 5.25. The molecule has 0 amide bonds. The summed E-state index contributed by atoms with van der Waals surface area (Å²) < 4.78 is 2.60. The molecule has 1 fully saturated rings. The van der Waals surface area contributed by atoms with Crippen molar-refractivity contribution < 1.29 is 9.78 Å². The molecule has 1 unspecified atom stereocenters. The number of likely N-dealkylation sites (N-methyl/N-ethyl adjacent to an activating group) is 1. The number of aromatic nitrogens is 1. The van der Waals surface area contributed by atoms with E-state index >= 15 is 0 Å². The van der Waals surface area contributed by atoms with Crippen molar-refractivity contribution in [2.75, 3.05) is 19.1 Å². The Labute approximate surface area is 185 Å². The van der Waals surface area contributed by atoms with E-state index in [1.165, 1.54) is 65.5 Å². The zero-order chi connectivity index (χ0) is 21.5. The van der Waals surface area contributed by atoms with Gasteiger partial charge in [0.1, 0.15) is 6.61 Å². The first-order valence-electron chi connectivity index (χ1n) is 11.7. The molecule has 2 heterocycles. The number of fused-ring (bicyclic) bond motifs is 5. The molecule has 3 aromatic rings. The van der Waals surface area contributed by atoms with Crippen LogP contribution in [0.15, 0.2) is 36.4 Å². The molecule has 2 aliphatic rings. The fraction of sp³-hybridized carbons (Fsp3) is 0.481. The second-order valence-electron chi connectivity index (χ2n) is 9.47. The SMILES string of the molecule is COOCc1ccc2c(C3CCCCC3)c3n(c2c1)CC(C)N(C)c1cc(C)ccc1-3. The molecule has 1 atom stereocenters. The van der Waals surface area contributed by atoms with Crippen molar-refractivity contribution >= 4 is 16.6 Å². The van der Waals surface area contributed by atoms with Crippen LogP contribution in [-0.4, -0.2) is 24.8 Å². The third kappa shape index (κ3) is 3.56. The lowest BCUT2D eigenvalue weighted by Gasteiger charge is -2.27. The van der Waals surface area contributed by atoms with Gasteiger partial charge in [-0.2, -0.15) is 0 Å². The molecule has 1 saturated carbocycles. The largest absolute Gasteiger partial charge is 0.370 e. The van der Waals surface area contributed by atoms with E-state index in [0.29, 0.717) is 18.6 Å². The standard InChI is InChI=1S/C27H34N2O2/c1-18-10-12-23-24(14-18)28(3)19(2)16-29-25-15-20(17-31-30-4)11-13-22(25)26(27(23)29)21-8-6-5-7-9-21/h10-15,19,21H,5-9,16-17H2,1-4H3. The highest BCUT2D eigenvalue weighted by Gasteiger charge is 2.31. The summed E-state index contributed by atoms with van der Waals surface area (Å²) >= 11 is 0. The molecule has 2 aromatic carbocycles. The Morgan fingerprint density at radius 1 is 1.03 bits per heavy atom. The Hall–Kier alpha value is -2.30. The molecule has 0 N–H and O–H groups in total. The van der Waals surface area contributed by atoms with Gasteiger partial charge in [-0.1, -0.05) is 43.5 Å². The molecule has 1 aliphatic carbocycles. The van der Waals surface area contributed by atoms with Gasteiger partial charge in [0.05, 0.1) is 12.8 Å². The van der Waals surface area contributed by atoms with Gasteiger partial charge >= 0.3 is 0 Å². The Balaban J connectivity index is 1.80. The molecule has 1 aromatic heterocycles. The molecular formula is C27H34N2O2. The van der Waals surface area contributed by atoms with E-state index in [1.807, 2.05) is 0 Å². The van der Waals surface area contributed by atoms with Crippen LogP contribution in [0.2, 0.25) is 0 Å². The molecule has 1 aliphatic heterocycles. The van der Waals surface area contributed by atoms with Crippen LogP contribution in [0.1, 0.15) is 61.6 Å². The lowest BCUT2D eigenvalue weighted by Crippen LogP contribution is -2.31. The van der Waals surface area contributed by atoms with E-state index in [1.54, 1.807) is 12.7 Å². The van der Waals surface area contributed by atoms with E-state index in [4.69, 9.17) is 9.78 Å². The van der Waals surface area contributed by atoms with Gasteiger partial charge < -0.3 is 9.47 Å². The number of benzene rings is 2. The quantitative estimate of drug-likeness (QED) is 0.354. The second-order valence-corrected chi connectivity index (χ2v) is 9.47. The third-order valence-electron chi connectivity index (χ3n) is 7.42. The molecule has 31 heavy (non-hydrogen) atoms. The number of nitrogens with zero attached hydrogens (tertiary/aromatic N) is 2. The van der Waals surface area contributed by atoms with Crippen molar-refractivity contribution in [1.29, 1.82) is 0 Å². The minimum atomic E-state index is 0.412. The molecule has 0 radical (unpaired) electrons. The Morgan fingerprint density at radius 3 is 2.61 bits per heavy atom. The maximum atomic E-state index is 5.25. The van der Waals surface area contributed by atoms with Gasteiger partial charge in [0.2, 0.25) is 0 Å². The highest BCUT2D eigenvalue weighted by molar-refractivity contribution is 5.96. The van der Waals surface area contributed by atoms with E-state index in [2.05, 4.69) is 66.8 Å². The van der Waals surface area contributed by atoms with Crippen LogP contribution >= 0.6 is 0 Å². The number of anilines is 1. The van der Waals surface area contributed by atoms with Crippen molar-refractivity contribution in [3.8, 4) is 11.3 Å². The minimum Gasteiger partial charge on any atom is -0.370 e. The molecule has 0 saturated heterocycles. The highest BCUT2D eigenvalue weighted by atomic mass is 17.2. The van der Waals surface area contributed by atoms with E-state index in [0.717, 1.165) is 12.1 Å². The van der Waals surface area contributed by atoms with E-state index in [9.17, 15) is 0 Å². The first-order valence-corrected chi connectivity index (χ1v) is 11.7. The van der Waals surface area contributed by atoms with E-state index in [-0.39, 0.29) is 0 Å². The Morgan fingerprint density at radius 2 is 1.84 bits per heavy atom. The van der Waals surface area contributed by atoms with Gasteiger partial charge in [0.15, 0.2) is 0 Å². The summed E-state index contributed by atoms with van der Waals surface area (Å²) in [6, 6.07) is 14.3. The summed E-state index contributed by atoms with van der Waals surface area (Å²) in [7, 11) is 3.81. The van der Waals surface area contributed by atoms with Gasteiger partial charge in [-0.15, -0.1) is 0 Å². The van der Waals surface area contributed by atoms with Crippen LogP contribution in [0.4, 0.5) is 5.69 Å². The Kier molecular flexibility index (Phi) is 5.53. The smallest absolute Gasteiger partial charge is 0.107 e. The molecule has 4 nitrogen and oxygen atoms in total. The molecule has 0 bridgehead atoms. The zero-order valence-electron chi connectivity index (χ0n) is 19.3. The molecular weight excluding hydrogens is 384 g/mol. The first-order chi connectivity index (χ1) is 15.1.